The molecule has 0 fully saturated rings. The molecule has 19 heavy (non-hydrogen) atoms. The summed E-state index contributed by atoms with van der Waals surface area (Å²) in [5.74, 6) is 0. The Bertz CT molecular complexity index is 563. The van der Waals surface area contributed by atoms with Gasteiger partial charge in [-0.2, -0.15) is 0 Å². The Hall–Kier alpha value is -0.870. The van der Waals surface area contributed by atoms with Gasteiger partial charge in [-0.25, -0.2) is 0 Å². The van der Waals surface area contributed by atoms with Gasteiger partial charge in [-0.15, -0.1) is 0 Å². The van der Waals surface area contributed by atoms with Gasteiger partial charge in [0.1, 0.15) is 0 Å². The molecule has 2 aromatic rings. The van der Waals surface area contributed by atoms with E-state index in [1.807, 2.05) is 0 Å². The Morgan fingerprint density at radius 1 is 1.11 bits per heavy atom. The minimum absolute atomic E-state index is 0.278. The number of nitrogens with one attached hydrogen (secondary N) is 1. The second kappa shape index (κ2) is 6.53. The lowest BCUT2D eigenvalue weighted by atomic mass is 9.94. The number of rotatable bonds is 4. The lowest BCUT2D eigenvalue weighted by Crippen LogP contribution is -2.22. The Kier molecular flexibility index (Phi) is 4.99. The summed E-state index contributed by atoms with van der Waals surface area (Å²) in [5, 5.41) is 3.60. The molecule has 2 aromatic carbocycles. The average Bonchev–Trinajstić information content (AvgIpc) is 2.37. The first-order chi connectivity index (χ1) is 9.11. The molecule has 1 unspecified atom stereocenters. The Morgan fingerprint density at radius 2 is 1.89 bits per heavy atom. The maximum absolute atomic E-state index is 3.60. The monoisotopic (exact) mass is 365 g/mol. The molecule has 0 heterocycles. The highest BCUT2D eigenvalue weighted by Gasteiger charge is 2.15. The molecular formula is C17H20IN. The molecule has 2 heteroatoms. The van der Waals surface area contributed by atoms with Crippen molar-refractivity contribution in [3.8, 4) is 0 Å². The second-order valence-electron chi connectivity index (χ2n) is 4.91. The third-order valence-corrected chi connectivity index (χ3v) is 4.00. The quantitative estimate of drug-likeness (QED) is 0.781. The van der Waals surface area contributed by atoms with E-state index in [0.717, 1.165) is 6.54 Å². The minimum atomic E-state index is 0.278. The van der Waals surface area contributed by atoms with Gasteiger partial charge < -0.3 is 5.32 Å². The third kappa shape index (κ3) is 3.57. The molecule has 0 amide bonds. The van der Waals surface area contributed by atoms with Crippen molar-refractivity contribution in [2.24, 2.45) is 0 Å². The molecule has 2 rings (SSSR count). The van der Waals surface area contributed by atoms with Gasteiger partial charge in [-0.05, 0) is 71.8 Å². The topological polar surface area (TPSA) is 12.0 Å². The average molecular weight is 365 g/mol. The molecule has 0 aliphatic heterocycles. The first-order valence-electron chi connectivity index (χ1n) is 6.68. The lowest BCUT2D eigenvalue weighted by Gasteiger charge is -2.21. The molecule has 100 valence electrons. The largest absolute Gasteiger partial charge is 0.307 e. The van der Waals surface area contributed by atoms with E-state index in [2.05, 4.69) is 91.1 Å². The molecule has 1 N–H and O–H groups in total. The van der Waals surface area contributed by atoms with Crippen LogP contribution in [0.4, 0.5) is 0 Å². The highest BCUT2D eigenvalue weighted by molar-refractivity contribution is 14.1. The van der Waals surface area contributed by atoms with Crippen molar-refractivity contribution < 1.29 is 0 Å². The normalized spacial score (nSPS) is 12.4. The first-order valence-corrected chi connectivity index (χ1v) is 7.75. The van der Waals surface area contributed by atoms with Crippen LogP contribution < -0.4 is 5.32 Å². The zero-order chi connectivity index (χ0) is 13.8. The van der Waals surface area contributed by atoms with Gasteiger partial charge >= 0.3 is 0 Å². The van der Waals surface area contributed by atoms with Crippen molar-refractivity contribution in [2.45, 2.75) is 26.8 Å². The number of hydrogen-bond donors (Lipinski definition) is 1. The van der Waals surface area contributed by atoms with Crippen molar-refractivity contribution in [3.05, 3.63) is 68.3 Å². The molecule has 0 spiro atoms. The Balaban J connectivity index is 2.45. The van der Waals surface area contributed by atoms with Crippen molar-refractivity contribution in [3.63, 3.8) is 0 Å². The van der Waals surface area contributed by atoms with Crippen LogP contribution in [0.2, 0.25) is 0 Å². The SMILES string of the molecule is CCNC(c1cccc(I)c1)c1ccc(C)cc1C. The van der Waals surface area contributed by atoms with E-state index in [1.165, 1.54) is 25.8 Å². The maximum atomic E-state index is 3.60. The predicted octanol–water partition coefficient (Wildman–Crippen LogP) is 4.61. The van der Waals surface area contributed by atoms with Crippen LogP contribution in [0, 0.1) is 17.4 Å². The molecule has 0 aliphatic carbocycles. The second-order valence-corrected chi connectivity index (χ2v) is 6.15. The molecule has 0 radical (unpaired) electrons. The number of halogens is 1. The summed E-state index contributed by atoms with van der Waals surface area (Å²) in [6.45, 7) is 7.46. The van der Waals surface area contributed by atoms with Gasteiger partial charge in [-0.1, -0.05) is 42.8 Å². The lowest BCUT2D eigenvalue weighted by molar-refractivity contribution is 0.627. The van der Waals surface area contributed by atoms with Crippen LogP contribution in [0.1, 0.15) is 35.2 Å². The molecule has 0 saturated carbocycles. The van der Waals surface area contributed by atoms with Gasteiger partial charge in [0.25, 0.3) is 0 Å². The zero-order valence-corrected chi connectivity index (χ0v) is 13.9. The molecule has 1 atom stereocenters. The summed E-state index contributed by atoms with van der Waals surface area (Å²) in [5.41, 5.74) is 5.37. The third-order valence-electron chi connectivity index (χ3n) is 3.33. The summed E-state index contributed by atoms with van der Waals surface area (Å²) in [7, 11) is 0. The minimum Gasteiger partial charge on any atom is -0.307 e. The highest BCUT2D eigenvalue weighted by Crippen LogP contribution is 2.26. The van der Waals surface area contributed by atoms with Crippen molar-refractivity contribution >= 4 is 22.6 Å². The van der Waals surface area contributed by atoms with Crippen molar-refractivity contribution in [1.29, 1.82) is 0 Å². The molecule has 0 aromatic heterocycles. The van der Waals surface area contributed by atoms with Crippen LogP contribution in [-0.2, 0) is 0 Å². The summed E-state index contributed by atoms with van der Waals surface area (Å²) in [6.07, 6.45) is 0. The van der Waals surface area contributed by atoms with Gasteiger partial charge in [-0.3, -0.25) is 0 Å². The fourth-order valence-corrected chi connectivity index (χ4v) is 3.01. The highest BCUT2D eigenvalue weighted by atomic mass is 127. The maximum Gasteiger partial charge on any atom is 0.0579 e. The van der Waals surface area contributed by atoms with Gasteiger partial charge in [0.05, 0.1) is 6.04 Å². The van der Waals surface area contributed by atoms with E-state index in [1.54, 1.807) is 0 Å². The number of benzene rings is 2. The first kappa shape index (κ1) is 14.5. The summed E-state index contributed by atoms with van der Waals surface area (Å²) < 4.78 is 1.28. The van der Waals surface area contributed by atoms with Crippen molar-refractivity contribution in [1.82, 2.24) is 5.32 Å². The Morgan fingerprint density at radius 3 is 2.53 bits per heavy atom. The number of hydrogen-bond acceptors (Lipinski definition) is 1. The van der Waals surface area contributed by atoms with Crippen molar-refractivity contribution in [2.75, 3.05) is 6.54 Å². The summed E-state index contributed by atoms with van der Waals surface area (Å²) >= 11 is 2.37. The fraction of sp³-hybridized carbons (Fsp3) is 0.294. The molecular weight excluding hydrogens is 345 g/mol. The molecule has 1 nitrogen and oxygen atoms in total. The van der Waals surface area contributed by atoms with Crippen LogP contribution in [0.15, 0.2) is 42.5 Å². The summed E-state index contributed by atoms with van der Waals surface area (Å²) in [6, 6.07) is 15.7. The van der Waals surface area contributed by atoms with Gasteiger partial charge in [0, 0.05) is 3.57 Å². The van der Waals surface area contributed by atoms with E-state index >= 15 is 0 Å². The van der Waals surface area contributed by atoms with E-state index in [9.17, 15) is 0 Å². The van der Waals surface area contributed by atoms with Crippen LogP contribution >= 0.6 is 22.6 Å². The number of aryl methyl sites for hydroxylation is 2. The van der Waals surface area contributed by atoms with Crippen LogP contribution in [0.25, 0.3) is 0 Å². The Labute approximate surface area is 129 Å². The summed E-state index contributed by atoms with van der Waals surface area (Å²) in [4.78, 5) is 0. The standard InChI is InChI=1S/C17H20IN/c1-4-19-17(14-6-5-7-15(18)11-14)16-9-8-12(2)10-13(16)3/h5-11,17,19H,4H2,1-3H3. The predicted molar refractivity (Wildman–Crippen MR) is 90.6 cm³/mol. The van der Waals surface area contributed by atoms with E-state index in [4.69, 9.17) is 0 Å². The van der Waals surface area contributed by atoms with E-state index in [-0.39, 0.29) is 6.04 Å². The van der Waals surface area contributed by atoms with Crippen LogP contribution in [-0.4, -0.2) is 6.54 Å². The van der Waals surface area contributed by atoms with E-state index < -0.39 is 0 Å². The molecule has 0 aliphatic rings. The van der Waals surface area contributed by atoms with Gasteiger partial charge in [0.2, 0.25) is 0 Å². The fourth-order valence-electron chi connectivity index (χ4n) is 2.45. The van der Waals surface area contributed by atoms with Crippen LogP contribution in [0.5, 0.6) is 0 Å². The van der Waals surface area contributed by atoms with E-state index in [0.29, 0.717) is 0 Å². The molecule has 0 saturated heterocycles. The zero-order valence-electron chi connectivity index (χ0n) is 11.7. The smallest absolute Gasteiger partial charge is 0.0579 e. The van der Waals surface area contributed by atoms with Gasteiger partial charge in [0.15, 0.2) is 0 Å². The van der Waals surface area contributed by atoms with Crippen LogP contribution in [0.3, 0.4) is 0 Å². The molecule has 0 bridgehead atoms.